The van der Waals surface area contributed by atoms with Gasteiger partial charge < -0.3 is 5.11 Å². The first-order valence-corrected chi connectivity index (χ1v) is 5.20. The molecule has 1 rings (SSSR count). The maximum atomic E-state index is 9.65. The number of aliphatic hydroxyl groups excluding tert-OH is 1. The molecule has 1 unspecified atom stereocenters. The van der Waals surface area contributed by atoms with Gasteiger partial charge in [0.15, 0.2) is 0 Å². The molecule has 0 aliphatic rings. The van der Waals surface area contributed by atoms with Gasteiger partial charge in [0.25, 0.3) is 0 Å². The minimum absolute atomic E-state index is 0.212. The number of rotatable bonds is 4. The van der Waals surface area contributed by atoms with E-state index in [0.717, 1.165) is 18.5 Å². The molecule has 0 radical (unpaired) electrons. The van der Waals surface area contributed by atoms with Crippen molar-refractivity contribution in [1.82, 2.24) is 4.98 Å². The summed E-state index contributed by atoms with van der Waals surface area (Å²) < 4.78 is 0. The van der Waals surface area contributed by atoms with Crippen LogP contribution in [0.4, 0.5) is 0 Å². The van der Waals surface area contributed by atoms with Crippen molar-refractivity contribution >= 4 is 0 Å². The molecule has 0 bridgehead atoms. The van der Waals surface area contributed by atoms with Gasteiger partial charge in [-0.3, -0.25) is 4.98 Å². The van der Waals surface area contributed by atoms with Gasteiger partial charge in [0.2, 0.25) is 0 Å². The van der Waals surface area contributed by atoms with E-state index in [1.165, 1.54) is 5.56 Å². The lowest BCUT2D eigenvalue weighted by Gasteiger charge is -2.14. The predicted molar refractivity (Wildman–Crippen MR) is 58.1 cm³/mol. The van der Waals surface area contributed by atoms with Crippen molar-refractivity contribution in [3.05, 3.63) is 29.6 Å². The number of hydrogen-bond acceptors (Lipinski definition) is 2. The average Bonchev–Trinajstić information content (AvgIpc) is 2.16. The maximum Gasteiger partial charge on any atom is 0.0566 e. The van der Waals surface area contributed by atoms with Crippen molar-refractivity contribution in [2.45, 2.75) is 39.7 Å². The lowest BCUT2D eigenvalue weighted by Crippen LogP contribution is -2.15. The third kappa shape index (κ3) is 3.11. The first-order valence-electron chi connectivity index (χ1n) is 5.20. The standard InChI is InChI=1S/C12H19NO/c1-9(2)12(14)7-6-11-10(3)5-4-8-13-11/h4-5,8-9,12,14H,6-7H2,1-3H3. The van der Waals surface area contributed by atoms with Crippen LogP contribution in [0, 0.1) is 12.8 Å². The van der Waals surface area contributed by atoms with Gasteiger partial charge in [-0.15, -0.1) is 0 Å². The van der Waals surface area contributed by atoms with Crippen LogP contribution in [-0.4, -0.2) is 16.2 Å². The van der Waals surface area contributed by atoms with Crippen LogP contribution in [0.3, 0.4) is 0 Å². The van der Waals surface area contributed by atoms with Crippen LogP contribution in [0.2, 0.25) is 0 Å². The highest BCUT2D eigenvalue weighted by Crippen LogP contribution is 2.11. The molecule has 14 heavy (non-hydrogen) atoms. The Morgan fingerprint density at radius 1 is 1.43 bits per heavy atom. The van der Waals surface area contributed by atoms with E-state index >= 15 is 0 Å². The molecular weight excluding hydrogens is 174 g/mol. The molecule has 0 aliphatic heterocycles. The van der Waals surface area contributed by atoms with Gasteiger partial charge in [-0.25, -0.2) is 0 Å². The van der Waals surface area contributed by atoms with E-state index in [1.54, 1.807) is 0 Å². The topological polar surface area (TPSA) is 33.1 Å². The van der Waals surface area contributed by atoms with Crippen LogP contribution in [0.5, 0.6) is 0 Å². The molecule has 0 fully saturated rings. The molecule has 2 heteroatoms. The van der Waals surface area contributed by atoms with Gasteiger partial charge in [0.1, 0.15) is 0 Å². The van der Waals surface area contributed by atoms with E-state index in [4.69, 9.17) is 0 Å². The zero-order chi connectivity index (χ0) is 10.6. The predicted octanol–water partition coefficient (Wildman–Crippen LogP) is 2.34. The molecule has 1 N–H and O–H groups in total. The number of aromatic nitrogens is 1. The third-order valence-corrected chi connectivity index (χ3v) is 2.56. The molecule has 2 nitrogen and oxygen atoms in total. The monoisotopic (exact) mass is 193 g/mol. The van der Waals surface area contributed by atoms with E-state index in [-0.39, 0.29) is 6.10 Å². The molecule has 0 spiro atoms. The summed E-state index contributed by atoms with van der Waals surface area (Å²) in [5, 5.41) is 9.65. The summed E-state index contributed by atoms with van der Waals surface area (Å²) in [5.41, 5.74) is 2.32. The zero-order valence-corrected chi connectivity index (χ0v) is 9.20. The van der Waals surface area contributed by atoms with E-state index in [1.807, 2.05) is 26.1 Å². The van der Waals surface area contributed by atoms with Gasteiger partial charge in [0.05, 0.1) is 6.10 Å². The van der Waals surface area contributed by atoms with Crippen molar-refractivity contribution in [3.63, 3.8) is 0 Å². The molecule has 0 saturated carbocycles. The summed E-state index contributed by atoms with van der Waals surface area (Å²) in [5.74, 6) is 0.332. The van der Waals surface area contributed by atoms with E-state index in [9.17, 15) is 5.11 Å². The second-order valence-corrected chi connectivity index (χ2v) is 4.12. The molecule has 0 aromatic carbocycles. The van der Waals surface area contributed by atoms with Crippen LogP contribution in [0.15, 0.2) is 18.3 Å². The SMILES string of the molecule is Cc1cccnc1CCC(O)C(C)C. The molecule has 78 valence electrons. The van der Waals surface area contributed by atoms with Crippen LogP contribution in [0.1, 0.15) is 31.5 Å². The average molecular weight is 193 g/mol. The summed E-state index contributed by atoms with van der Waals surface area (Å²) in [6.45, 7) is 6.13. The van der Waals surface area contributed by atoms with Crippen LogP contribution < -0.4 is 0 Å². The summed E-state index contributed by atoms with van der Waals surface area (Å²) in [6, 6.07) is 4.00. The van der Waals surface area contributed by atoms with Gasteiger partial charge in [-0.1, -0.05) is 19.9 Å². The molecule has 0 aliphatic carbocycles. The molecule has 0 saturated heterocycles. The van der Waals surface area contributed by atoms with E-state index in [0.29, 0.717) is 5.92 Å². The van der Waals surface area contributed by atoms with Crippen molar-refractivity contribution in [2.75, 3.05) is 0 Å². The highest BCUT2D eigenvalue weighted by Gasteiger charge is 2.09. The Bertz CT molecular complexity index is 283. The van der Waals surface area contributed by atoms with Crippen molar-refractivity contribution in [3.8, 4) is 0 Å². The molecule has 1 aromatic rings. The first kappa shape index (κ1) is 11.2. The Kier molecular flexibility index (Phi) is 4.08. The Morgan fingerprint density at radius 3 is 2.71 bits per heavy atom. The summed E-state index contributed by atoms with van der Waals surface area (Å²) in [6.07, 6.45) is 3.27. The minimum Gasteiger partial charge on any atom is -0.393 e. The van der Waals surface area contributed by atoms with Gasteiger partial charge in [-0.2, -0.15) is 0 Å². The molecule has 1 atom stereocenters. The highest BCUT2D eigenvalue weighted by atomic mass is 16.3. The van der Waals surface area contributed by atoms with E-state index < -0.39 is 0 Å². The molecule has 1 heterocycles. The molecular formula is C12H19NO. The highest BCUT2D eigenvalue weighted by molar-refractivity contribution is 5.17. The second kappa shape index (κ2) is 5.11. The Balaban J connectivity index is 2.50. The Labute approximate surface area is 86.0 Å². The van der Waals surface area contributed by atoms with Crippen LogP contribution >= 0.6 is 0 Å². The number of pyridine rings is 1. The molecule has 1 aromatic heterocycles. The number of nitrogens with zero attached hydrogens (tertiary/aromatic N) is 1. The maximum absolute atomic E-state index is 9.65. The zero-order valence-electron chi connectivity index (χ0n) is 9.20. The minimum atomic E-state index is -0.212. The van der Waals surface area contributed by atoms with Crippen molar-refractivity contribution in [1.29, 1.82) is 0 Å². The normalized spacial score (nSPS) is 13.2. The smallest absolute Gasteiger partial charge is 0.0566 e. The molecule has 0 amide bonds. The third-order valence-electron chi connectivity index (χ3n) is 2.56. The first-order chi connectivity index (χ1) is 6.61. The summed E-state index contributed by atoms with van der Waals surface area (Å²) in [7, 11) is 0. The summed E-state index contributed by atoms with van der Waals surface area (Å²) >= 11 is 0. The fourth-order valence-electron chi connectivity index (χ4n) is 1.40. The summed E-state index contributed by atoms with van der Waals surface area (Å²) in [4.78, 5) is 4.30. The fraction of sp³-hybridized carbons (Fsp3) is 0.583. The van der Waals surface area contributed by atoms with Crippen molar-refractivity contribution < 1.29 is 5.11 Å². The lowest BCUT2D eigenvalue weighted by atomic mass is 10.0. The van der Waals surface area contributed by atoms with Gasteiger partial charge in [0, 0.05) is 11.9 Å². The second-order valence-electron chi connectivity index (χ2n) is 4.12. The van der Waals surface area contributed by atoms with Gasteiger partial charge in [-0.05, 0) is 37.3 Å². The van der Waals surface area contributed by atoms with Gasteiger partial charge >= 0.3 is 0 Å². The Morgan fingerprint density at radius 2 is 2.14 bits per heavy atom. The fourth-order valence-corrected chi connectivity index (χ4v) is 1.40. The lowest BCUT2D eigenvalue weighted by molar-refractivity contribution is 0.116. The number of aliphatic hydroxyl groups is 1. The number of aryl methyl sites for hydroxylation is 2. The van der Waals surface area contributed by atoms with E-state index in [2.05, 4.69) is 18.0 Å². The van der Waals surface area contributed by atoms with Crippen molar-refractivity contribution in [2.24, 2.45) is 5.92 Å². The number of hydrogen-bond donors (Lipinski definition) is 1. The van der Waals surface area contributed by atoms with Crippen LogP contribution in [-0.2, 0) is 6.42 Å². The largest absolute Gasteiger partial charge is 0.393 e. The van der Waals surface area contributed by atoms with Crippen LogP contribution in [0.25, 0.3) is 0 Å². The quantitative estimate of drug-likeness (QED) is 0.796. The Hall–Kier alpha value is -0.890.